The van der Waals surface area contributed by atoms with Crippen molar-refractivity contribution in [1.82, 2.24) is 0 Å². The van der Waals surface area contributed by atoms with E-state index in [1.807, 2.05) is 0 Å². The molecule has 0 aromatic carbocycles. The van der Waals surface area contributed by atoms with Crippen molar-refractivity contribution in [2.24, 2.45) is 11.8 Å². The Morgan fingerprint density at radius 1 is 0.550 bits per heavy atom. The van der Waals surface area contributed by atoms with Gasteiger partial charge < -0.3 is 0 Å². The van der Waals surface area contributed by atoms with Crippen molar-refractivity contribution in [3.63, 3.8) is 0 Å². The Morgan fingerprint density at radius 3 is 1.40 bits per heavy atom. The van der Waals surface area contributed by atoms with Gasteiger partial charge in [0.05, 0.1) is 0 Å². The number of unbranched alkanes of at least 4 members (excludes halogenated alkanes) is 9. The van der Waals surface area contributed by atoms with Gasteiger partial charge in [0.15, 0.2) is 0 Å². The summed E-state index contributed by atoms with van der Waals surface area (Å²) in [4.78, 5) is 0. The maximum atomic E-state index is 2.31. The molecule has 0 nitrogen and oxygen atoms in total. The Labute approximate surface area is 129 Å². The molecule has 0 heteroatoms. The summed E-state index contributed by atoms with van der Waals surface area (Å²) in [7, 11) is 0. The van der Waals surface area contributed by atoms with Crippen molar-refractivity contribution in [2.45, 2.75) is 117 Å². The second kappa shape index (κ2) is 12.7. The number of rotatable bonds is 13. The lowest BCUT2D eigenvalue weighted by atomic mass is 9.86. The van der Waals surface area contributed by atoms with Crippen LogP contribution in [-0.2, 0) is 0 Å². The molecule has 20 heavy (non-hydrogen) atoms. The van der Waals surface area contributed by atoms with Crippen molar-refractivity contribution in [3.8, 4) is 0 Å². The molecule has 0 amide bonds. The second-order valence-electron chi connectivity index (χ2n) is 7.21. The molecule has 1 fully saturated rings. The first kappa shape index (κ1) is 18.1. The zero-order valence-electron chi connectivity index (χ0n) is 14.5. The normalized spacial score (nSPS) is 22.5. The van der Waals surface area contributed by atoms with Crippen LogP contribution < -0.4 is 0 Å². The molecule has 0 aromatic heterocycles. The molecule has 0 bridgehead atoms. The zero-order chi connectivity index (χ0) is 14.5. The molecule has 1 saturated carbocycles. The van der Waals surface area contributed by atoms with E-state index in [-0.39, 0.29) is 0 Å². The highest BCUT2D eigenvalue weighted by molar-refractivity contribution is 4.77. The molecular formula is C20H40. The fourth-order valence-electron chi connectivity index (χ4n) is 4.07. The van der Waals surface area contributed by atoms with Crippen LogP contribution in [0, 0.1) is 11.8 Å². The Bertz CT molecular complexity index is 196. The molecule has 1 rings (SSSR count). The minimum atomic E-state index is 1.10. The van der Waals surface area contributed by atoms with E-state index in [9.17, 15) is 0 Å². The minimum Gasteiger partial charge on any atom is -0.0654 e. The van der Waals surface area contributed by atoms with Crippen LogP contribution in [0.2, 0.25) is 0 Å². The van der Waals surface area contributed by atoms with Crippen molar-refractivity contribution in [3.05, 3.63) is 0 Å². The Morgan fingerprint density at radius 2 is 0.950 bits per heavy atom. The lowest BCUT2D eigenvalue weighted by Crippen LogP contribution is -2.08. The smallest absolute Gasteiger partial charge is 0.0386 e. The van der Waals surface area contributed by atoms with Crippen LogP contribution in [0.25, 0.3) is 0 Å². The molecule has 0 radical (unpaired) electrons. The highest BCUT2D eigenvalue weighted by Crippen LogP contribution is 2.38. The Kier molecular flexibility index (Phi) is 11.5. The lowest BCUT2D eigenvalue weighted by molar-refractivity contribution is 0.322. The SMILES string of the molecule is CCCCCCCC[C@H]1CCC[C@@H]1CCCCCCC. The third kappa shape index (κ3) is 8.32. The summed E-state index contributed by atoms with van der Waals surface area (Å²) in [5, 5.41) is 0. The fraction of sp³-hybridized carbons (Fsp3) is 1.00. The van der Waals surface area contributed by atoms with E-state index in [2.05, 4.69) is 13.8 Å². The Hall–Kier alpha value is 0. The summed E-state index contributed by atoms with van der Waals surface area (Å²) < 4.78 is 0. The van der Waals surface area contributed by atoms with Gasteiger partial charge >= 0.3 is 0 Å². The monoisotopic (exact) mass is 280 g/mol. The van der Waals surface area contributed by atoms with E-state index in [4.69, 9.17) is 0 Å². The average Bonchev–Trinajstić information content (AvgIpc) is 2.90. The van der Waals surface area contributed by atoms with Crippen LogP contribution in [0.15, 0.2) is 0 Å². The van der Waals surface area contributed by atoms with Crippen molar-refractivity contribution < 1.29 is 0 Å². The summed E-state index contributed by atoms with van der Waals surface area (Å²) >= 11 is 0. The van der Waals surface area contributed by atoms with Gasteiger partial charge in [0.25, 0.3) is 0 Å². The summed E-state index contributed by atoms with van der Waals surface area (Å²) in [5.74, 6) is 2.21. The molecule has 1 aliphatic carbocycles. The lowest BCUT2D eigenvalue weighted by Gasteiger charge is -2.19. The summed E-state index contributed by atoms with van der Waals surface area (Å²) in [6.45, 7) is 4.62. The highest BCUT2D eigenvalue weighted by Gasteiger charge is 2.25. The first-order chi connectivity index (χ1) is 9.88. The first-order valence-electron chi connectivity index (χ1n) is 9.88. The number of hydrogen-bond donors (Lipinski definition) is 0. The second-order valence-corrected chi connectivity index (χ2v) is 7.21. The molecule has 120 valence electrons. The van der Waals surface area contributed by atoms with Crippen LogP contribution in [0.4, 0.5) is 0 Å². The van der Waals surface area contributed by atoms with Gasteiger partial charge in [-0.25, -0.2) is 0 Å². The van der Waals surface area contributed by atoms with Gasteiger partial charge in [0, 0.05) is 0 Å². The molecule has 0 aromatic rings. The first-order valence-corrected chi connectivity index (χ1v) is 9.88. The molecule has 0 aliphatic heterocycles. The topological polar surface area (TPSA) is 0 Å². The number of hydrogen-bond acceptors (Lipinski definition) is 0. The zero-order valence-corrected chi connectivity index (χ0v) is 14.5. The van der Waals surface area contributed by atoms with Crippen LogP contribution in [0.5, 0.6) is 0 Å². The van der Waals surface area contributed by atoms with Gasteiger partial charge in [-0.2, -0.15) is 0 Å². The predicted molar refractivity (Wildman–Crippen MR) is 92.2 cm³/mol. The highest BCUT2D eigenvalue weighted by atomic mass is 14.3. The summed E-state index contributed by atoms with van der Waals surface area (Å²) in [6, 6.07) is 0. The Balaban J connectivity index is 1.99. The van der Waals surface area contributed by atoms with E-state index >= 15 is 0 Å². The van der Waals surface area contributed by atoms with E-state index in [0.717, 1.165) is 11.8 Å². The summed E-state index contributed by atoms with van der Waals surface area (Å²) in [6.07, 6.45) is 23.8. The molecule has 0 heterocycles. The van der Waals surface area contributed by atoms with Gasteiger partial charge in [0.1, 0.15) is 0 Å². The third-order valence-electron chi connectivity index (χ3n) is 5.42. The van der Waals surface area contributed by atoms with E-state index < -0.39 is 0 Å². The summed E-state index contributed by atoms with van der Waals surface area (Å²) in [5.41, 5.74) is 0. The molecular weight excluding hydrogens is 240 g/mol. The van der Waals surface area contributed by atoms with Gasteiger partial charge in [-0.05, 0) is 11.8 Å². The van der Waals surface area contributed by atoms with Gasteiger partial charge in [-0.15, -0.1) is 0 Å². The molecule has 0 saturated heterocycles. The van der Waals surface area contributed by atoms with Crippen molar-refractivity contribution >= 4 is 0 Å². The van der Waals surface area contributed by atoms with Crippen LogP contribution in [-0.4, -0.2) is 0 Å². The van der Waals surface area contributed by atoms with E-state index in [1.165, 1.54) is 77.0 Å². The molecule has 0 N–H and O–H groups in total. The van der Waals surface area contributed by atoms with Crippen LogP contribution >= 0.6 is 0 Å². The predicted octanol–water partition coefficient (Wildman–Crippen LogP) is 7.51. The minimum absolute atomic E-state index is 1.10. The largest absolute Gasteiger partial charge is 0.0654 e. The van der Waals surface area contributed by atoms with Gasteiger partial charge in [0.2, 0.25) is 0 Å². The van der Waals surface area contributed by atoms with Gasteiger partial charge in [-0.3, -0.25) is 0 Å². The maximum absolute atomic E-state index is 2.31. The van der Waals surface area contributed by atoms with Crippen molar-refractivity contribution in [2.75, 3.05) is 0 Å². The van der Waals surface area contributed by atoms with Gasteiger partial charge in [-0.1, -0.05) is 117 Å². The average molecular weight is 281 g/mol. The van der Waals surface area contributed by atoms with E-state index in [1.54, 1.807) is 25.7 Å². The fourth-order valence-corrected chi connectivity index (χ4v) is 4.07. The molecule has 0 spiro atoms. The standard InChI is InChI=1S/C20H40/c1-3-5-7-9-11-13-16-20-18-14-17-19(20)15-12-10-8-6-4-2/h19-20H,3-18H2,1-2H3/t19-,20-/m0/s1. The molecule has 1 aliphatic rings. The van der Waals surface area contributed by atoms with Crippen molar-refractivity contribution in [1.29, 1.82) is 0 Å². The third-order valence-corrected chi connectivity index (χ3v) is 5.42. The van der Waals surface area contributed by atoms with E-state index in [0.29, 0.717) is 0 Å². The van der Waals surface area contributed by atoms with Crippen LogP contribution in [0.3, 0.4) is 0 Å². The quantitative estimate of drug-likeness (QED) is 0.306. The molecule has 0 unspecified atom stereocenters. The van der Waals surface area contributed by atoms with Crippen LogP contribution in [0.1, 0.15) is 117 Å². The molecule has 2 atom stereocenters. The maximum Gasteiger partial charge on any atom is -0.0386 e.